The molecule has 7 heteroatoms. The predicted molar refractivity (Wildman–Crippen MR) is 127 cm³/mol. The molecule has 0 bridgehead atoms. The highest BCUT2D eigenvalue weighted by Gasteiger charge is 2.36. The Morgan fingerprint density at radius 1 is 1.03 bits per heavy atom. The lowest BCUT2D eigenvalue weighted by Crippen LogP contribution is -2.52. The Morgan fingerprint density at radius 3 is 2.52 bits per heavy atom. The lowest BCUT2D eigenvalue weighted by molar-refractivity contribution is -0.123. The lowest BCUT2D eigenvalue weighted by Gasteiger charge is -2.38. The number of thiophene rings is 1. The van der Waals surface area contributed by atoms with Crippen molar-refractivity contribution in [1.29, 1.82) is 0 Å². The summed E-state index contributed by atoms with van der Waals surface area (Å²) in [5.41, 5.74) is 1.40. The summed E-state index contributed by atoms with van der Waals surface area (Å²) in [6.45, 7) is 1.45. The van der Waals surface area contributed by atoms with Gasteiger partial charge in [0.25, 0.3) is 5.91 Å². The third-order valence-corrected chi connectivity index (χ3v) is 7.01. The lowest BCUT2D eigenvalue weighted by atomic mass is 9.74. The van der Waals surface area contributed by atoms with E-state index in [2.05, 4.69) is 10.6 Å². The van der Waals surface area contributed by atoms with Crippen LogP contribution in [0.5, 0.6) is 0 Å². The molecule has 0 spiro atoms. The van der Waals surface area contributed by atoms with Crippen molar-refractivity contribution >= 4 is 23.2 Å². The Morgan fingerprint density at radius 2 is 1.82 bits per heavy atom. The molecule has 172 valence electrons. The van der Waals surface area contributed by atoms with Crippen LogP contribution in [0.3, 0.4) is 0 Å². The molecule has 1 saturated heterocycles. The van der Waals surface area contributed by atoms with Crippen molar-refractivity contribution in [2.45, 2.75) is 30.7 Å². The average Bonchev–Trinajstić information content (AvgIpc) is 3.39. The van der Waals surface area contributed by atoms with Crippen molar-refractivity contribution in [1.82, 2.24) is 10.6 Å². The number of rotatable bonds is 8. The summed E-state index contributed by atoms with van der Waals surface area (Å²) in [6.07, 6.45) is 1.74. The first-order valence-electron chi connectivity index (χ1n) is 11.1. The van der Waals surface area contributed by atoms with Crippen molar-refractivity contribution in [3.8, 4) is 0 Å². The fourth-order valence-corrected chi connectivity index (χ4v) is 4.85. The first-order chi connectivity index (χ1) is 16.1. The highest BCUT2D eigenvalue weighted by molar-refractivity contribution is 7.12. The molecule has 3 aromatic rings. The number of carbonyl (C=O) groups excluding carboxylic acids is 2. The zero-order valence-electron chi connectivity index (χ0n) is 18.3. The second kappa shape index (κ2) is 10.7. The number of halogens is 1. The maximum atomic E-state index is 14.0. The van der Waals surface area contributed by atoms with E-state index in [1.165, 1.54) is 23.5 Å². The van der Waals surface area contributed by atoms with E-state index < -0.39 is 11.5 Å². The summed E-state index contributed by atoms with van der Waals surface area (Å²) >= 11 is 1.33. The molecule has 1 atom stereocenters. The monoisotopic (exact) mass is 466 g/mol. The van der Waals surface area contributed by atoms with Crippen molar-refractivity contribution in [3.05, 3.63) is 93.9 Å². The van der Waals surface area contributed by atoms with E-state index >= 15 is 0 Å². The van der Waals surface area contributed by atoms with Crippen LogP contribution in [0, 0.1) is 5.82 Å². The molecule has 1 aromatic heterocycles. The van der Waals surface area contributed by atoms with Gasteiger partial charge in [-0.15, -0.1) is 11.3 Å². The largest absolute Gasteiger partial charge is 0.381 e. The van der Waals surface area contributed by atoms with Gasteiger partial charge in [-0.1, -0.05) is 48.5 Å². The normalized spacial score (nSPS) is 16.0. The minimum atomic E-state index is -0.730. The van der Waals surface area contributed by atoms with Crippen LogP contribution in [0.15, 0.2) is 72.1 Å². The van der Waals surface area contributed by atoms with Gasteiger partial charge in [-0.3, -0.25) is 9.59 Å². The fraction of sp³-hybridized carbons (Fsp3) is 0.308. The van der Waals surface area contributed by atoms with Crippen molar-refractivity contribution in [2.24, 2.45) is 0 Å². The molecule has 0 unspecified atom stereocenters. The van der Waals surface area contributed by atoms with E-state index in [4.69, 9.17) is 4.74 Å². The van der Waals surface area contributed by atoms with Crippen molar-refractivity contribution < 1.29 is 18.7 Å². The highest BCUT2D eigenvalue weighted by atomic mass is 32.1. The highest BCUT2D eigenvalue weighted by Crippen LogP contribution is 2.34. The minimum absolute atomic E-state index is 0.258. The molecule has 4 rings (SSSR count). The van der Waals surface area contributed by atoms with E-state index in [1.54, 1.807) is 18.2 Å². The number of benzene rings is 2. The number of hydrogen-bond acceptors (Lipinski definition) is 4. The molecule has 0 radical (unpaired) electrons. The molecule has 0 saturated carbocycles. The Bertz CT molecular complexity index is 1070. The Labute approximate surface area is 197 Å². The molecular weight excluding hydrogens is 439 g/mol. The van der Waals surface area contributed by atoms with E-state index in [1.807, 2.05) is 41.8 Å². The summed E-state index contributed by atoms with van der Waals surface area (Å²) < 4.78 is 19.5. The molecule has 1 fully saturated rings. The van der Waals surface area contributed by atoms with Crippen molar-refractivity contribution in [3.63, 3.8) is 0 Å². The average molecular weight is 467 g/mol. The van der Waals surface area contributed by atoms with Gasteiger partial charge >= 0.3 is 0 Å². The van der Waals surface area contributed by atoms with Crippen LogP contribution < -0.4 is 10.6 Å². The van der Waals surface area contributed by atoms with Crippen LogP contribution in [0.25, 0.3) is 0 Å². The minimum Gasteiger partial charge on any atom is -0.381 e. The van der Waals surface area contributed by atoms with Crippen LogP contribution in [-0.2, 0) is 21.4 Å². The van der Waals surface area contributed by atoms with Crippen LogP contribution in [0.1, 0.15) is 33.6 Å². The van der Waals surface area contributed by atoms with Crippen LogP contribution in [0.4, 0.5) is 4.39 Å². The Kier molecular flexibility index (Phi) is 7.52. The Hall–Kier alpha value is -3.03. The van der Waals surface area contributed by atoms with Crippen LogP contribution in [0.2, 0.25) is 0 Å². The van der Waals surface area contributed by atoms with Crippen LogP contribution >= 0.6 is 11.3 Å². The van der Waals surface area contributed by atoms with Crippen LogP contribution in [-0.4, -0.2) is 37.6 Å². The standard InChI is InChI=1S/C26H27FN2O3S/c27-21-9-4-8-20(17-21)26(11-13-32-14-12-26)18-28-24(30)22(16-19-6-2-1-3-7-19)29-25(31)23-10-5-15-33-23/h1-10,15,17,22H,11-14,16,18H2,(H,28,30)(H,29,31)/t22-/m1/s1. The number of nitrogens with one attached hydrogen (secondary N) is 2. The van der Waals surface area contributed by atoms with Crippen molar-refractivity contribution in [2.75, 3.05) is 19.8 Å². The van der Waals surface area contributed by atoms with E-state index in [9.17, 15) is 14.0 Å². The summed E-state index contributed by atoms with van der Waals surface area (Å²) in [6, 6.07) is 19.0. The smallest absolute Gasteiger partial charge is 0.262 e. The third-order valence-electron chi connectivity index (χ3n) is 6.14. The molecule has 1 aliphatic heterocycles. The fourth-order valence-electron chi connectivity index (χ4n) is 4.22. The van der Waals surface area contributed by atoms with Gasteiger partial charge in [0, 0.05) is 31.6 Å². The van der Waals surface area contributed by atoms with E-state index in [0.717, 1.165) is 11.1 Å². The van der Waals surface area contributed by atoms with Gasteiger partial charge in [-0.2, -0.15) is 0 Å². The van der Waals surface area contributed by atoms with E-state index in [-0.39, 0.29) is 17.6 Å². The number of ether oxygens (including phenoxy) is 1. The summed E-state index contributed by atoms with van der Waals surface area (Å²) in [4.78, 5) is 26.6. The molecule has 5 nitrogen and oxygen atoms in total. The maximum absolute atomic E-state index is 14.0. The zero-order chi connectivity index (χ0) is 23.1. The summed E-state index contributed by atoms with van der Waals surface area (Å²) in [7, 11) is 0. The quantitative estimate of drug-likeness (QED) is 0.526. The SMILES string of the molecule is O=C(N[C@H](Cc1ccccc1)C(=O)NCC1(c2cccc(F)c2)CCOCC1)c1cccs1. The summed E-state index contributed by atoms with van der Waals surface area (Å²) in [5.74, 6) is -0.826. The summed E-state index contributed by atoms with van der Waals surface area (Å²) in [5, 5.41) is 7.77. The second-order valence-electron chi connectivity index (χ2n) is 8.31. The number of hydrogen-bond donors (Lipinski definition) is 2. The topological polar surface area (TPSA) is 67.4 Å². The molecule has 0 aliphatic carbocycles. The number of amides is 2. The first-order valence-corrected chi connectivity index (χ1v) is 11.9. The van der Waals surface area contributed by atoms with Gasteiger partial charge in [0.2, 0.25) is 5.91 Å². The van der Waals surface area contributed by atoms with Gasteiger partial charge in [0.15, 0.2) is 0 Å². The van der Waals surface area contributed by atoms with E-state index in [0.29, 0.717) is 43.9 Å². The molecule has 2 aromatic carbocycles. The molecule has 2 heterocycles. The molecule has 1 aliphatic rings. The Balaban J connectivity index is 1.51. The maximum Gasteiger partial charge on any atom is 0.262 e. The third kappa shape index (κ3) is 5.86. The van der Waals surface area contributed by atoms with Gasteiger partial charge in [-0.05, 0) is 47.5 Å². The molecule has 33 heavy (non-hydrogen) atoms. The molecular formula is C26H27FN2O3S. The zero-order valence-corrected chi connectivity index (χ0v) is 19.1. The molecule has 2 N–H and O–H groups in total. The second-order valence-corrected chi connectivity index (χ2v) is 9.26. The predicted octanol–water partition coefficient (Wildman–Crippen LogP) is 4.09. The number of carbonyl (C=O) groups is 2. The van der Waals surface area contributed by atoms with Gasteiger partial charge in [0.1, 0.15) is 11.9 Å². The van der Waals surface area contributed by atoms with Gasteiger partial charge in [0.05, 0.1) is 4.88 Å². The van der Waals surface area contributed by atoms with Gasteiger partial charge in [-0.25, -0.2) is 4.39 Å². The molecule has 2 amide bonds. The first kappa shape index (κ1) is 23.1. The van der Waals surface area contributed by atoms with Gasteiger partial charge < -0.3 is 15.4 Å².